The van der Waals surface area contributed by atoms with Gasteiger partial charge in [-0.05, 0) is 31.7 Å². The topological polar surface area (TPSA) is 89.3 Å². The fraction of sp³-hybridized carbons (Fsp3) is 0.389. The van der Waals surface area contributed by atoms with E-state index in [0.717, 1.165) is 12.0 Å². The number of sulfonamides is 1. The summed E-state index contributed by atoms with van der Waals surface area (Å²) in [5.74, 6) is -0.159. The molecule has 0 fully saturated rings. The smallest absolute Gasteiger partial charge is 0.220 e. The highest BCUT2D eigenvalue weighted by atomic mass is 32.2. The maximum Gasteiger partial charge on any atom is 0.220 e. The lowest BCUT2D eigenvalue weighted by Gasteiger charge is -2.28. The minimum absolute atomic E-state index is 0.127. The second-order valence-corrected chi connectivity index (χ2v) is 8.09. The fourth-order valence-corrected chi connectivity index (χ4v) is 3.68. The first kappa shape index (κ1) is 18.4. The molecule has 130 valence electrons. The summed E-state index contributed by atoms with van der Waals surface area (Å²) in [4.78, 5) is 12.0. The minimum Gasteiger partial charge on any atom is -0.356 e. The number of nitrogens with two attached hydrogens (primary N) is 1. The highest BCUT2D eigenvalue weighted by Crippen LogP contribution is 2.30. The molecule has 1 atom stereocenters. The van der Waals surface area contributed by atoms with Gasteiger partial charge in [0.2, 0.25) is 15.9 Å². The van der Waals surface area contributed by atoms with Crippen LogP contribution in [-0.4, -0.2) is 25.6 Å². The van der Waals surface area contributed by atoms with Gasteiger partial charge in [0.15, 0.2) is 0 Å². The van der Waals surface area contributed by atoms with E-state index in [0.29, 0.717) is 13.0 Å². The molecule has 3 N–H and O–H groups in total. The van der Waals surface area contributed by atoms with Gasteiger partial charge in [-0.25, -0.2) is 13.6 Å². The second kappa shape index (κ2) is 7.77. The molecule has 0 heterocycles. The normalized spacial score (nSPS) is 20.1. The van der Waals surface area contributed by atoms with Crippen molar-refractivity contribution in [2.24, 2.45) is 5.14 Å². The third kappa shape index (κ3) is 4.79. The van der Waals surface area contributed by atoms with E-state index in [1.54, 1.807) is 24.3 Å². The zero-order chi connectivity index (χ0) is 17.6. The van der Waals surface area contributed by atoms with Crippen LogP contribution in [0.15, 0.2) is 48.6 Å². The molecular formula is C18H24N2O3S. The van der Waals surface area contributed by atoms with E-state index in [4.69, 9.17) is 5.14 Å². The van der Waals surface area contributed by atoms with Gasteiger partial charge in [0.25, 0.3) is 0 Å². The van der Waals surface area contributed by atoms with E-state index in [-0.39, 0.29) is 18.7 Å². The maximum absolute atomic E-state index is 12.0. The summed E-state index contributed by atoms with van der Waals surface area (Å²) in [5.41, 5.74) is 2.35. The number of nitrogens with one attached hydrogen (secondary N) is 1. The van der Waals surface area contributed by atoms with Crippen LogP contribution in [0.25, 0.3) is 0 Å². The van der Waals surface area contributed by atoms with E-state index in [9.17, 15) is 13.2 Å². The number of hydrogen-bond donors (Lipinski definition) is 2. The average molecular weight is 348 g/mol. The Kier molecular flexibility index (Phi) is 5.96. The molecule has 0 aromatic heterocycles. The third-order valence-electron chi connectivity index (χ3n) is 4.31. The van der Waals surface area contributed by atoms with Gasteiger partial charge in [0.05, 0.1) is 0 Å². The molecule has 1 aromatic carbocycles. The summed E-state index contributed by atoms with van der Waals surface area (Å²) < 4.78 is 22.6. The van der Waals surface area contributed by atoms with Crippen molar-refractivity contribution in [3.63, 3.8) is 0 Å². The van der Waals surface area contributed by atoms with E-state index in [1.165, 1.54) is 5.56 Å². The Balaban J connectivity index is 1.82. The Hall–Kier alpha value is -1.92. The molecule has 0 aliphatic heterocycles. The molecule has 2 rings (SSSR count). The van der Waals surface area contributed by atoms with Gasteiger partial charge in [-0.3, -0.25) is 4.79 Å². The standard InChI is InChI=1S/C18H24N2O3S/c1-15-5-7-16(8-6-15)10-14-20-17(21)9-13-18(24(19,22)23)11-3-2-4-12-18/h2-8,11H,9-10,12-14H2,1H3,(H,20,21)(H2,19,22,23)/t18-/m0/s1. The summed E-state index contributed by atoms with van der Waals surface area (Å²) in [5, 5.41) is 8.21. The number of carbonyl (C=O) groups excluding carboxylic acids is 1. The molecule has 24 heavy (non-hydrogen) atoms. The van der Waals surface area contributed by atoms with Crippen molar-refractivity contribution in [2.45, 2.75) is 37.4 Å². The monoisotopic (exact) mass is 348 g/mol. The molecular weight excluding hydrogens is 324 g/mol. The molecule has 0 spiro atoms. The van der Waals surface area contributed by atoms with Crippen LogP contribution in [0.4, 0.5) is 0 Å². The van der Waals surface area contributed by atoms with Crippen molar-refractivity contribution in [2.75, 3.05) is 6.54 Å². The number of rotatable bonds is 7. The number of primary sulfonamides is 1. The molecule has 0 saturated carbocycles. The molecule has 1 aliphatic carbocycles. The number of benzene rings is 1. The second-order valence-electron chi connectivity index (χ2n) is 6.19. The van der Waals surface area contributed by atoms with Crippen LogP contribution in [-0.2, 0) is 21.2 Å². The van der Waals surface area contributed by atoms with Gasteiger partial charge in [-0.1, -0.05) is 54.1 Å². The number of allylic oxidation sites excluding steroid dienone is 3. The van der Waals surface area contributed by atoms with Crippen molar-refractivity contribution < 1.29 is 13.2 Å². The zero-order valence-electron chi connectivity index (χ0n) is 13.9. The third-order valence-corrected chi connectivity index (χ3v) is 5.95. The number of amides is 1. The Morgan fingerprint density at radius 2 is 1.96 bits per heavy atom. The highest BCUT2D eigenvalue weighted by molar-refractivity contribution is 7.90. The number of hydrogen-bond acceptors (Lipinski definition) is 3. The summed E-state index contributed by atoms with van der Waals surface area (Å²) in [6.45, 7) is 2.56. The van der Waals surface area contributed by atoms with Crippen LogP contribution in [0.3, 0.4) is 0 Å². The SMILES string of the molecule is Cc1ccc(CCNC(=O)CC[C@]2(S(N)(=O)=O)C=CC=CC2)cc1. The maximum atomic E-state index is 12.0. The lowest BCUT2D eigenvalue weighted by Crippen LogP contribution is -2.43. The number of carbonyl (C=O) groups is 1. The molecule has 6 heteroatoms. The Labute approximate surface area is 143 Å². The van der Waals surface area contributed by atoms with E-state index in [2.05, 4.69) is 5.32 Å². The Morgan fingerprint density at radius 1 is 1.25 bits per heavy atom. The molecule has 1 aliphatic rings. The van der Waals surface area contributed by atoms with Crippen molar-refractivity contribution in [3.05, 3.63) is 59.7 Å². The van der Waals surface area contributed by atoms with Crippen LogP contribution >= 0.6 is 0 Å². The van der Waals surface area contributed by atoms with Crippen LogP contribution < -0.4 is 10.5 Å². The molecule has 0 radical (unpaired) electrons. The lowest BCUT2D eigenvalue weighted by molar-refractivity contribution is -0.121. The van der Waals surface area contributed by atoms with Gasteiger partial charge < -0.3 is 5.32 Å². The van der Waals surface area contributed by atoms with Crippen LogP contribution in [0.5, 0.6) is 0 Å². The molecule has 1 aromatic rings. The fourth-order valence-electron chi connectivity index (χ4n) is 2.70. The van der Waals surface area contributed by atoms with E-state index in [1.807, 2.05) is 31.2 Å². The average Bonchev–Trinajstić information content (AvgIpc) is 2.55. The van der Waals surface area contributed by atoms with Crippen molar-refractivity contribution in [1.29, 1.82) is 0 Å². The van der Waals surface area contributed by atoms with Crippen LogP contribution in [0.1, 0.15) is 30.4 Å². The Bertz CT molecular complexity index is 736. The predicted molar refractivity (Wildman–Crippen MR) is 95.9 cm³/mol. The largest absolute Gasteiger partial charge is 0.356 e. The van der Waals surface area contributed by atoms with Gasteiger partial charge in [-0.2, -0.15) is 0 Å². The first-order valence-electron chi connectivity index (χ1n) is 8.01. The highest BCUT2D eigenvalue weighted by Gasteiger charge is 2.38. The van der Waals surface area contributed by atoms with Gasteiger partial charge >= 0.3 is 0 Å². The van der Waals surface area contributed by atoms with Crippen LogP contribution in [0.2, 0.25) is 0 Å². The summed E-state index contributed by atoms with van der Waals surface area (Å²) in [6.07, 6.45) is 8.16. The first-order chi connectivity index (χ1) is 11.3. The molecule has 5 nitrogen and oxygen atoms in total. The molecule has 0 unspecified atom stereocenters. The number of aryl methyl sites for hydroxylation is 1. The lowest BCUT2D eigenvalue weighted by atomic mass is 9.94. The molecule has 1 amide bonds. The van der Waals surface area contributed by atoms with E-state index < -0.39 is 14.8 Å². The first-order valence-corrected chi connectivity index (χ1v) is 9.56. The Morgan fingerprint density at radius 3 is 2.54 bits per heavy atom. The summed E-state index contributed by atoms with van der Waals surface area (Å²) in [7, 11) is -3.77. The summed E-state index contributed by atoms with van der Waals surface area (Å²) >= 11 is 0. The predicted octanol–water partition coefficient (Wildman–Crippen LogP) is 1.98. The molecule has 0 bridgehead atoms. The zero-order valence-corrected chi connectivity index (χ0v) is 14.7. The van der Waals surface area contributed by atoms with Crippen LogP contribution in [0, 0.1) is 6.92 Å². The van der Waals surface area contributed by atoms with Crippen molar-refractivity contribution in [1.82, 2.24) is 5.32 Å². The van der Waals surface area contributed by atoms with E-state index >= 15 is 0 Å². The summed E-state index contributed by atoms with van der Waals surface area (Å²) in [6, 6.07) is 8.15. The van der Waals surface area contributed by atoms with Gasteiger partial charge in [0.1, 0.15) is 4.75 Å². The van der Waals surface area contributed by atoms with Crippen molar-refractivity contribution >= 4 is 15.9 Å². The molecule has 0 saturated heterocycles. The van der Waals surface area contributed by atoms with Crippen molar-refractivity contribution in [3.8, 4) is 0 Å². The van der Waals surface area contributed by atoms with Gasteiger partial charge in [0, 0.05) is 13.0 Å². The minimum atomic E-state index is -3.77. The quantitative estimate of drug-likeness (QED) is 0.789. The van der Waals surface area contributed by atoms with Gasteiger partial charge in [-0.15, -0.1) is 0 Å².